The third kappa shape index (κ3) is 3.31. The first kappa shape index (κ1) is 15.6. The molecule has 1 aromatic heterocycles. The highest BCUT2D eigenvalue weighted by atomic mass is 19.1. The molecule has 4 heteroatoms. The number of hydrogen-bond donors (Lipinski definition) is 0. The highest BCUT2D eigenvalue weighted by Crippen LogP contribution is 2.25. The van der Waals surface area contributed by atoms with Gasteiger partial charge in [0.1, 0.15) is 6.67 Å². The van der Waals surface area contributed by atoms with Crippen LogP contribution >= 0.6 is 0 Å². The van der Waals surface area contributed by atoms with Crippen molar-refractivity contribution in [2.45, 2.75) is 47.1 Å². The first-order chi connectivity index (χ1) is 8.70. The van der Waals surface area contributed by atoms with E-state index in [1.54, 1.807) is 37.8 Å². The Labute approximate surface area is 114 Å². The number of rotatable bonds is 5. The predicted molar refractivity (Wildman–Crippen MR) is 75.6 cm³/mol. The van der Waals surface area contributed by atoms with Gasteiger partial charge in [-0.05, 0) is 39.2 Å². The zero-order chi connectivity index (χ0) is 14.8. The molecule has 3 nitrogen and oxygen atoms in total. The van der Waals surface area contributed by atoms with Crippen molar-refractivity contribution in [3.8, 4) is 0 Å². The highest BCUT2D eigenvalue weighted by Gasteiger charge is 2.22. The van der Waals surface area contributed by atoms with Gasteiger partial charge in [0, 0.05) is 17.3 Å². The largest absolute Gasteiger partial charge is 0.295 e. The van der Waals surface area contributed by atoms with E-state index < -0.39 is 12.2 Å². The summed E-state index contributed by atoms with van der Waals surface area (Å²) in [5, 5.41) is 4.21. The number of hydrogen-bond acceptors (Lipinski definition) is 2. The molecule has 0 saturated carbocycles. The first-order valence-corrected chi connectivity index (χ1v) is 6.54. The van der Waals surface area contributed by atoms with Gasteiger partial charge in [0.25, 0.3) is 0 Å². The second-order valence-corrected chi connectivity index (χ2v) is 5.87. The van der Waals surface area contributed by atoms with Gasteiger partial charge >= 0.3 is 0 Å². The van der Waals surface area contributed by atoms with Gasteiger partial charge in [-0.15, -0.1) is 0 Å². The van der Waals surface area contributed by atoms with Gasteiger partial charge in [0.05, 0.1) is 11.7 Å². The molecule has 0 aliphatic rings. The van der Waals surface area contributed by atoms with Crippen LogP contribution in [0.4, 0.5) is 4.39 Å². The van der Waals surface area contributed by atoms with Gasteiger partial charge in [0.2, 0.25) is 0 Å². The number of carbonyl (C=O) groups excluding carboxylic acids is 1. The molecule has 1 heterocycles. The molecule has 19 heavy (non-hydrogen) atoms. The monoisotopic (exact) mass is 266 g/mol. The van der Waals surface area contributed by atoms with Gasteiger partial charge in [-0.2, -0.15) is 5.10 Å². The average Bonchev–Trinajstić information content (AvgIpc) is 2.77. The zero-order valence-electron chi connectivity index (χ0n) is 12.6. The van der Waals surface area contributed by atoms with Gasteiger partial charge in [-0.3, -0.25) is 9.48 Å². The van der Waals surface area contributed by atoms with Crippen LogP contribution in [0.2, 0.25) is 0 Å². The van der Waals surface area contributed by atoms with Crippen molar-refractivity contribution in [2.75, 3.05) is 6.67 Å². The molecule has 0 atom stereocenters. The van der Waals surface area contributed by atoms with E-state index in [9.17, 15) is 9.18 Å². The summed E-state index contributed by atoms with van der Waals surface area (Å²) >= 11 is 0. The van der Waals surface area contributed by atoms with E-state index in [2.05, 4.69) is 5.10 Å². The van der Waals surface area contributed by atoms with Crippen LogP contribution in [0.15, 0.2) is 18.0 Å². The molecule has 106 valence electrons. The van der Waals surface area contributed by atoms with Gasteiger partial charge in [0.15, 0.2) is 5.78 Å². The minimum atomic E-state index is -0.660. The number of halogens is 1. The van der Waals surface area contributed by atoms with Crippen LogP contribution in [0, 0.1) is 5.92 Å². The number of Topliss-reactive ketones (excluding diaryl/α,β-unsaturated/α-hetero) is 1. The third-order valence-corrected chi connectivity index (χ3v) is 3.32. The summed E-state index contributed by atoms with van der Waals surface area (Å²) in [4.78, 5) is 11.7. The van der Waals surface area contributed by atoms with E-state index in [0.29, 0.717) is 0 Å². The lowest BCUT2D eigenvalue weighted by Gasteiger charge is -2.21. The number of ketones is 1. The standard InChI is InChI=1S/C15H23FN2O/c1-10(2)14(12(4)19)11(3)13-7-17-18(8-13)15(5,6)9-16/h7-8,10H,9H2,1-6H3. The van der Waals surface area contributed by atoms with Crippen molar-refractivity contribution in [3.63, 3.8) is 0 Å². The fourth-order valence-electron chi connectivity index (χ4n) is 2.17. The van der Waals surface area contributed by atoms with Crippen LogP contribution in [0.1, 0.15) is 47.1 Å². The van der Waals surface area contributed by atoms with Gasteiger partial charge in [-0.1, -0.05) is 13.8 Å². The lowest BCUT2D eigenvalue weighted by atomic mass is 9.92. The number of nitrogens with zero attached hydrogens (tertiary/aromatic N) is 2. The predicted octanol–water partition coefficient (Wildman–Crippen LogP) is 3.61. The maximum atomic E-state index is 13.0. The quantitative estimate of drug-likeness (QED) is 0.763. The topological polar surface area (TPSA) is 34.9 Å². The zero-order valence-corrected chi connectivity index (χ0v) is 12.6. The third-order valence-electron chi connectivity index (χ3n) is 3.32. The molecule has 0 unspecified atom stereocenters. The summed E-state index contributed by atoms with van der Waals surface area (Å²) in [6.45, 7) is 10.6. The summed E-state index contributed by atoms with van der Waals surface area (Å²) < 4.78 is 14.6. The van der Waals surface area contributed by atoms with E-state index in [0.717, 1.165) is 16.7 Å². The van der Waals surface area contributed by atoms with Gasteiger partial charge < -0.3 is 0 Å². The Balaban J connectivity index is 3.24. The van der Waals surface area contributed by atoms with Crippen LogP contribution in [0.5, 0.6) is 0 Å². The maximum Gasteiger partial charge on any atom is 0.156 e. The van der Waals surface area contributed by atoms with Crippen LogP contribution in [0.3, 0.4) is 0 Å². The second kappa shape index (κ2) is 5.68. The SMILES string of the molecule is CC(=O)C(=C(C)c1cnn(C(C)(C)CF)c1)C(C)C. The number of carbonyl (C=O) groups is 1. The Bertz CT molecular complexity index is 498. The Morgan fingerprint density at radius 2 is 2.00 bits per heavy atom. The lowest BCUT2D eigenvalue weighted by Crippen LogP contribution is -2.28. The van der Waals surface area contributed by atoms with Crippen molar-refractivity contribution >= 4 is 11.4 Å². The normalized spacial score (nSPS) is 13.7. The van der Waals surface area contributed by atoms with E-state index in [-0.39, 0.29) is 11.7 Å². The van der Waals surface area contributed by atoms with Crippen molar-refractivity contribution in [1.82, 2.24) is 9.78 Å². The van der Waals surface area contributed by atoms with Crippen LogP contribution < -0.4 is 0 Å². The molecule has 0 aliphatic carbocycles. The minimum Gasteiger partial charge on any atom is -0.295 e. The van der Waals surface area contributed by atoms with E-state index in [1.165, 1.54) is 0 Å². The number of allylic oxidation sites excluding steroid dienone is 2. The van der Waals surface area contributed by atoms with E-state index in [4.69, 9.17) is 0 Å². The van der Waals surface area contributed by atoms with Crippen molar-refractivity contribution in [1.29, 1.82) is 0 Å². The molecular formula is C15H23FN2O. The molecule has 0 N–H and O–H groups in total. The van der Waals surface area contributed by atoms with Crippen molar-refractivity contribution < 1.29 is 9.18 Å². The molecule has 1 aromatic rings. The van der Waals surface area contributed by atoms with Crippen LogP contribution in [0.25, 0.3) is 5.57 Å². The Morgan fingerprint density at radius 1 is 1.42 bits per heavy atom. The highest BCUT2D eigenvalue weighted by molar-refractivity contribution is 6.01. The Morgan fingerprint density at radius 3 is 2.42 bits per heavy atom. The lowest BCUT2D eigenvalue weighted by molar-refractivity contribution is -0.113. The average molecular weight is 266 g/mol. The summed E-state index contributed by atoms with van der Waals surface area (Å²) in [5.41, 5.74) is 1.94. The second-order valence-electron chi connectivity index (χ2n) is 5.87. The Hall–Kier alpha value is -1.45. The smallest absolute Gasteiger partial charge is 0.156 e. The van der Waals surface area contributed by atoms with Gasteiger partial charge in [-0.25, -0.2) is 4.39 Å². The summed E-state index contributed by atoms with van der Waals surface area (Å²) in [6, 6.07) is 0. The van der Waals surface area contributed by atoms with Crippen molar-refractivity contribution in [2.24, 2.45) is 5.92 Å². The summed E-state index contributed by atoms with van der Waals surface area (Å²) in [5.74, 6) is 0.236. The minimum absolute atomic E-state index is 0.0741. The summed E-state index contributed by atoms with van der Waals surface area (Å²) in [7, 11) is 0. The fourth-order valence-corrected chi connectivity index (χ4v) is 2.17. The molecule has 0 radical (unpaired) electrons. The summed E-state index contributed by atoms with van der Waals surface area (Å²) in [6.07, 6.45) is 3.50. The van der Waals surface area contributed by atoms with Crippen LogP contribution in [-0.2, 0) is 10.3 Å². The molecule has 0 aliphatic heterocycles. The maximum absolute atomic E-state index is 13.0. The molecular weight excluding hydrogens is 243 g/mol. The molecule has 0 aromatic carbocycles. The van der Waals surface area contributed by atoms with E-state index in [1.807, 2.05) is 20.8 Å². The van der Waals surface area contributed by atoms with E-state index >= 15 is 0 Å². The number of aromatic nitrogens is 2. The molecule has 0 saturated heterocycles. The fraction of sp³-hybridized carbons (Fsp3) is 0.600. The molecule has 0 amide bonds. The number of alkyl halides is 1. The molecule has 0 fully saturated rings. The van der Waals surface area contributed by atoms with Crippen molar-refractivity contribution in [3.05, 3.63) is 23.5 Å². The first-order valence-electron chi connectivity index (χ1n) is 6.54. The van der Waals surface area contributed by atoms with Crippen LogP contribution in [-0.4, -0.2) is 22.2 Å². The molecule has 1 rings (SSSR count). The molecule has 0 spiro atoms. The molecule has 0 bridgehead atoms. The Kier molecular flexibility index (Phi) is 4.66.